The van der Waals surface area contributed by atoms with Gasteiger partial charge >= 0.3 is 5.97 Å². The number of amides is 1. The summed E-state index contributed by atoms with van der Waals surface area (Å²) in [6, 6.07) is 0. The summed E-state index contributed by atoms with van der Waals surface area (Å²) >= 11 is 0. The molecule has 0 aliphatic carbocycles. The van der Waals surface area contributed by atoms with Gasteiger partial charge in [-0.2, -0.15) is 0 Å². The van der Waals surface area contributed by atoms with Crippen molar-refractivity contribution in [2.75, 3.05) is 19.8 Å². The van der Waals surface area contributed by atoms with Crippen molar-refractivity contribution < 1.29 is 19.4 Å². The fraction of sp³-hybridized carbons (Fsp3) is 0.818. The number of aliphatic carboxylic acids is 1. The molecule has 5 heteroatoms. The fourth-order valence-corrected chi connectivity index (χ4v) is 1.18. The molecule has 0 spiro atoms. The average Bonchev–Trinajstić information content (AvgIpc) is 2.25. The van der Waals surface area contributed by atoms with Gasteiger partial charge in [0.15, 0.2) is 0 Å². The van der Waals surface area contributed by atoms with Crippen LogP contribution in [0.2, 0.25) is 0 Å². The van der Waals surface area contributed by atoms with Gasteiger partial charge in [-0.3, -0.25) is 4.79 Å². The third-order valence-electron chi connectivity index (χ3n) is 2.68. The minimum absolute atomic E-state index is 0.00623. The molecule has 1 amide bonds. The first-order valence-electron chi connectivity index (χ1n) is 5.56. The molecule has 0 saturated carbocycles. The molecule has 2 atom stereocenters. The summed E-state index contributed by atoms with van der Waals surface area (Å²) in [6.07, 6.45) is 0.962. The largest absolute Gasteiger partial charge is 0.480 e. The van der Waals surface area contributed by atoms with E-state index in [2.05, 4.69) is 5.32 Å². The van der Waals surface area contributed by atoms with Gasteiger partial charge < -0.3 is 15.2 Å². The lowest BCUT2D eigenvalue weighted by atomic mass is 9.93. The molecule has 0 aromatic heterocycles. The summed E-state index contributed by atoms with van der Waals surface area (Å²) in [5, 5.41) is 11.0. The van der Waals surface area contributed by atoms with Crippen molar-refractivity contribution in [1.82, 2.24) is 5.32 Å². The van der Waals surface area contributed by atoms with Crippen molar-refractivity contribution in [3.05, 3.63) is 0 Å². The van der Waals surface area contributed by atoms with E-state index in [0.29, 0.717) is 12.5 Å². The normalized spacial score (nSPS) is 14.2. The highest BCUT2D eigenvalue weighted by Crippen LogP contribution is 2.13. The number of rotatable bonds is 8. The van der Waals surface area contributed by atoms with E-state index in [4.69, 9.17) is 9.84 Å². The van der Waals surface area contributed by atoms with Crippen molar-refractivity contribution in [2.45, 2.75) is 27.2 Å². The molecule has 0 aliphatic heterocycles. The number of hydrogen-bond acceptors (Lipinski definition) is 3. The summed E-state index contributed by atoms with van der Waals surface area (Å²) in [6.45, 7) is 6.23. The molecule has 0 aromatic carbocycles. The molecule has 2 unspecified atom stereocenters. The van der Waals surface area contributed by atoms with Crippen LogP contribution in [0.1, 0.15) is 27.2 Å². The topological polar surface area (TPSA) is 75.6 Å². The maximum Gasteiger partial charge on any atom is 0.329 e. The zero-order chi connectivity index (χ0) is 12.6. The maximum atomic E-state index is 11.6. The van der Waals surface area contributed by atoms with Gasteiger partial charge in [-0.1, -0.05) is 27.2 Å². The van der Waals surface area contributed by atoms with E-state index in [0.717, 1.165) is 6.42 Å². The van der Waals surface area contributed by atoms with Crippen molar-refractivity contribution in [1.29, 1.82) is 0 Å². The van der Waals surface area contributed by atoms with Gasteiger partial charge in [0.1, 0.15) is 6.61 Å². The SMILES string of the molecule is CCC(C)C(C)C(=O)NCCOCC(=O)O. The summed E-state index contributed by atoms with van der Waals surface area (Å²) in [5.41, 5.74) is 0. The van der Waals surface area contributed by atoms with E-state index in [1.807, 2.05) is 20.8 Å². The van der Waals surface area contributed by atoms with Crippen LogP contribution in [-0.4, -0.2) is 36.7 Å². The lowest BCUT2D eigenvalue weighted by Crippen LogP contribution is -2.34. The molecule has 16 heavy (non-hydrogen) atoms. The number of carboxylic acids is 1. The van der Waals surface area contributed by atoms with Crippen LogP contribution in [-0.2, 0) is 14.3 Å². The predicted molar refractivity (Wildman–Crippen MR) is 60.1 cm³/mol. The molecule has 0 aliphatic rings. The summed E-state index contributed by atoms with van der Waals surface area (Å²) in [5.74, 6) is -0.683. The van der Waals surface area contributed by atoms with Crippen molar-refractivity contribution in [3.63, 3.8) is 0 Å². The highest BCUT2D eigenvalue weighted by molar-refractivity contribution is 5.78. The van der Waals surface area contributed by atoms with Gasteiger partial charge in [0.2, 0.25) is 5.91 Å². The minimum atomic E-state index is -1.00. The van der Waals surface area contributed by atoms with Gasteiger partial charge in [0, 0.05) is 12.5 Å². The Morgan fingerprint density at radius 3 is 2.50 bits per heavy atom. The summed E-state index contributed by atoms with van der Waals surface area (Å²) < 4.78 is 4.80. The van der Waals surface area contributed by atoms with Crippen LogP contribution in [0.3, 0.4) is 0 Å². The molecule has 0 saturated heterocycles. The number of carbonyl (C=O) groups excluding carboxylic acids is 1. The minimum Gasteiger partial charge on any atom is -0.480 e. The molecular weight excluding hydrogens is 210 g/mol. The Kier molecular flexibility index (Phi) is 7.54. The number of nitrogens with one attached hydrogen (secondary N) is 1. The van der Waals surface area contributed by atoms with Crippen LogP contribution in [0.15, 0.2) is 0 Å². The highest BCUT2D eigenvalue weighted by Gasteiger charge is 2.17. The van der Waals surface area contributed by atoms with Crippen LogP contribution >= 0.6 is 0 Å². The molecule has 0 fully saturated rings. The van der Waals surface area contributed by atoms with E-state index >= 15 is 0 Å². The van der Waals surface area contributed by atoms with Crippen LogP contribution in [0.25, 0.3) is 0 Å². The number of ether oxygens (including phenoxy) is 1. The molecule has 94 valence electrons. The van der Waals surface area contributed by atoms with Gasteiger partial charge in [-0.25, -0.2) is 4.79 Å². The number of carboxylic acid groups (broad SMARTS) is 1. The molecule has 0 heterocycles. The maximum absolute atomic E-state index is 11.6. The molecule has 0 bridgehead atoms. The average molecular weight is 231 g/mol. The van der Waals surface area contributed by atoms with Crippen LogP contribution < -0.4 is 5.32 Å². The third-order valence-corrected chi connectivity index (χ3v) is 2.68. The second-order valence-electron chi connectivity index (χ2n) is 3.91. The van der Waals surface area contributed by atoms with Crippen molar-refractivity contribution in [3.8, 4) is 0 Å². The van der Waals surface area contributed by atoms with Crippen molar-refractivity contribution in [2.24, 2.45) is 11.8 Å². The lowest BCUT2D eigenvalue weighted by molar-refractivity contribution is -0.142. The van der Waals surface area contributed by atoms with Crippen LogP contribution in [0.5, 0.6) is 0 Å². The molecule has 2 N–H and O–H groups in total. The molecule has 0 aromatic rings. The Bertz CT molecular complexity index is 230. The Morgan fingerprint density at radius 1 is 1.38 bits per heavy atom. The highest BCUT2D eigenvalue weighted by atomic mass is 16.5. The van der Waals surface area contributed by atoms with Crippen molar-refractivity contribution >= 4 is 11.9 Å². The Balaban J connectivity index is 3.61. The van der Waals surface area contributed by atoms with Crippen LogP contribution in [0.4, 0.5) is 0 Å². The van der Waals surface area contributed by atoms with Gasteiger partial charge in [0.05, 0.1) is 6.61 Å². The number of carbonyl (C=O) groups is 2. The smallest absolute Gasteiger partial charge is 0.329 e. The van der Waals surface area contributed by atoms with E-state index in [9.17, 15) is 9.59 Å². The first kappa shape index (κ1) is 14.9. The first-order chi connectivity index (χ1) is 7.49. The molecule has 0 rings (SSSR count). The monoisotopic (exact) mass is 231 g/mol. The zero-order valence-corrected chi connectivity index (χ0v) is 10.2. The van der Waals surface area contributed by atoms with E-state index in [1.165, 1.54) is 0 Å². The zero-order valence-electron chi connectivity index (χ0n) is 10.2. The molecular formula is C11H21NO4. The summed E-state index contributed by atoms with van der Waals surface area (Å²) in [4.78, 5) is 21.7. The van der Waals surface area contributed by atoms with Crippen LogP contribution in [0, 0.1) is 11.8 Å². The van der Waals surface area contributed by atoms with E-state index in [1.54, 1.807) is 0 Å². The van der Waals surface area contributed by atoms with Gasteiger partial charge in [0.25, 0.3) is 0 Å². The van der Waals surface area contributed by atoms with E-state index < -0.39 is 5.97 Å². The fourth-order valence-electron chi connectivity index (χ4n) is 1.18. The lowest BCUT2D eigenvalue weighted by Gasteiger charge is -2.17. The van der Waals surface area contributed by atoms with Gasteiger partial charge in [-0.15, -0.1) is 0 Å². The Hall–Kier alpha value is -1.10. The second-order valence-corrected chi connectivity index (χ2v) is 3.91. The van der Waals surface area contributed by atoms with Gasteiger partial charge in [-0.05, 0) is 5.92 Å². The number of hydrogen-bond donors (Lipinski definition) is 2. The quantitative estimate of drug-likeness (QED) is 0.608. The molecule has 0 radical (unpaired) electrons. The van der Waals surface area contributed by atoms with E-state index in [-0.39, 0.29) is 25.0 Å². The second kappa shape index (κ2) is 8.10. The molecule has 5 nitrogen and oxygen atoms in total. The Labute approximate surface area is 96.2 Å². The standard InChI is InChI=1S/C11H21NO4/c1-4-8(2)9(3)11(15)12-5-6-16-7-10(13)14/h8-9H,4-7H2,1-3H3,(H,12,15)(H,13,14). The third kappa shape index (κ3) is 6.40. The predicted octanol–water partition coefficient (Wildman–Crippen LogP) is 0.886. The Morgan fingerprint density at radius 2 is 2.00 bits per heavy atom. The first-order valence-corrected chi connectivity index (χ1v) is 5.56. The summed E-state index contributed by atoms with van der Waals surface area (Å²) in [7, 11) is 0.